The fourth-order valence-corrected chi connectivity index (χ4v) is 3.63. The number of nitrogens with zero attached hydrogens (tertiary/aromatic N) is 3. The predicted octanol–water partition coefficient (Wildman–Crippen LogP) is 3.60. The van der Waals surface area contributed by atoms with Gasteiger partial charge in [-0.3, -0.25) is 0 Å². The van der Waals surface area contributed by atoms with Gasteiger partial charge in [-0.25, -0.2) is 4.98 Å². The fraction of sp³-hybridized carbons (Fsp3) is 0.647. The van der Waals surface area contributed by atoms with Gasteiger partial charge in [0.15, 0.2) is 0 Å². The molecule has 3 rings (SSSR count). The average molecular weight is 269 g/mol. The molecule has 20 heavy (non-hydrogen) atoms. The highest BCUT2D eigenvalue weighted by atomic mass is 15.2. The molecule has 0 unspecified atom stereocenters. The maximum atomic E-state index is 9.44. The van der Waals surface area contributed by atoms with Gasteiger partial charge >= 0.3 is 0 Å². The third-order valence-electron chi connectivity index (χ3n) is 4.86. The van der Waals surface area contributed by atoms with Crippen molar-refractivity contribution in [2.24, 2.45) is 0 Å². The molecule has 0 saturated heterocycles. The van der Waals surface area contributed by atoms with E-state index < -0.39 is 0 Å². The Kier molecular flexibility index (Phi) is 3.91. The molecule has 0 radical (unpaired) electrons. The molecule has 0 atom stereocenters. The van der Waals surface area contributed by atoms with Crippen LogP contribution >= 0.6 is 0 Å². The summed E-state index contributed by atoms with van der Waals surface area (Å²) in [7, 11) is 2.13. The number of aryl methyl sites for hydroxylation is 2. The first kappa shape index (κ1) is 13.4. The van der Waals surface area contributed by atoms with E-state index in [9.17, 15) is 5.26 Å². The maximum Gasteiger partial charge on any atom is 0.146 e. The zero-order valence-corrected chi connectivity index (χ0v) is 12.4. The molecular formula is C17H23N3. The summed E-state index contributed by atoms with van der Waals surface area (Å²) in [6, 6.07) is 4.99. The molecule has 1 aromatic heterocycles. The molecule has 0 N–H and O–H groups in total. The van der Waals surface area contributed by atoms with Crippen LogP contribution in [0.2, 0.25) is 0 Å². The molecule has 3 nitrogen and oxygen atoms in total. The van der Waals surface area contributed by atoms with Crippen LogP contribution in [0.5, 0.6) is 0 Å². The molecule has 0 amide bonds. The Labute approximate surface area is 121 Å². The summed E-state index contributed by atoms with van der Waals surface area (Å²) in [5, 5.41) is 9.44. The summed E-state index contributed by atoms with van der Waals surface area (Å²) < 4.78 is 0. The van der Waals surface area contributed by atoms with Crippen LogP contribution in [0.4, 0.5) is 5.82 Å². The zero-order chi connectivity index (χ0) is 13.9. The van der Waals surface area contributed by atoms with Crippen molar-refractivity contribution in [1.29, 1.82) is 5.26 Å². The van der Waals surface area contributed by atoms with Crippen molar-refractivity contribution in [3.63, 3.8) is 0 Å². The second kappa shape index (κ2) is 5.83. The third kappa shape index (κ3) is 2.52. The standard InChI is InChI=1S/C17H23N3/c1-20(15-8-4-2-3-5-9-15)17-14(12-18)11-13-7-6-10-16(13)19-17/h11,15H,2-10H2,1H3. The minimum atomic E-state index is 0.552. The van der Waals surface area contributed by atoms with Crippen molar-refractivity contribution >= 4 is 5.82 Å². The number of rotatable bonds is 2. The summed E-state index contributed by atoms with van der Waals surface area (Å²) >= 11 is 0. The van der Waals surface area contributed by atoms with Crippen molar-refractivity contribution in [3.05, 3.63) is 22.9 Å². The Morgan fingerprint density at radius 3 is 2.60 bits per heavy atom. The van der Waals surface area contributed by atoms with Gasteiger partial charge in [0.25, 0.3) is 0 Å². The van der Waals surface area contributed by atoms with Gasteiger partial charge in [0, 0.05) is 18.8 Å². The number of nitriles is 1. The molecule has 0 bridgehead atoms. The van der Waals surface area contributed by atoms with Crippen molar-refractivity contribution in [1.82, 2.24) is 4.98 Å². The first-order valence-corrected chi connectivity index (χ1v) is 7.95. The second-order valence-electron chi connectivity index (χ2n) is 6.19. The SMILES string of the molecule is CN(c1nc2c(cc1C#N)CCC2)C1CCCCCC1. The lowest BCUT2D eigenvalue weighted by Gasteiger charge is -2.29. The van der Waals surface area contributed by atoms with Crippen molar-refractivity contribution in [2.75, 3.05) is 11.9 Å². The highest BCUT2D eigenvalue weighted by Crippen LogP contribution is 2.30. The second-order valence-corrected chi connectivity index (χ2v) is 6.19. The van der Waals surface area contributed by atoms with Crippen LogP contribution in [-0.4, -0.2) is 18.1 Å². The van der Waals surface area contributed by atoms with E-state index in [1.54, 1.807) is 0 Å². The molecular weight excluding hydrogens is 246 g/mol. The van der Waals surface area contributed by atoms with Crippen LogP contribution in [0.1, 0.15) is 61.8 Å². The van der Waals surface area contributed by atoms with Gasteiger partial charge < -0.3 is 4.90 Å². The van der Waals surface area contributed by atoms with Gasteiger partial charge in [0.1, 0.15) is 11.9 Å². The lowest BCUT2D eigenvalue weighted by atomic mass is 10.1. The molecule has 0 aromatic carbocycles. The molecule has 1 fully saturated rings. The molecule has 0 aliphatic heterocycles. The van der Waals surface area contributed by atoms with Crippen LogP contribution in [0.3, 0.4) is 0 Å². The van der Waals surface area contributed by atoms with Gasteiger partial charge in [-0.1, -0.05) is 25.7 Å². The Hall–Kier alpha value is -1.56. The van der Waals surface area contributed by atoms with Crippen LogP contribution in [0.15, 0.2) is 6.07 Å². The van der Waals surface area contributed by atoms with Gasteiger partial charge in [-0.15, -0.1) is 0 Å². The molecule has 1 heterocycles. The van der Waals surface area contributed by atoms with E-state index in [4.69, 9.17) is 4.98 Å². The summed E-state index contributed by atoms with van der Waals surface area (Å²) in [6.07, 6.45) is 11.1. The third-order valence-corrected chi connectivity index (χ3v) is 4.86. The van der Waals surface area contributed by atoms with Crippen LogP contribution in [-0.2, 0) is 12.8 Å². The Morgan fingerprint density at radius 1 is 1.15 bits per heavy atom. The quantitative estimate of drug-likeness (QED) is 0.770. The van der Waals surface area contributed by atoms with Crippen LogP contribution < -0.4 is 4.90 Å². The first-order chi connectivity index (χ1) is 9.79. The van der Waals surface area contributed by atoms with E-state index in [0.29, 0.717) is 6.04 Å². The summed E-state index contributed by atoms with van der Waals surface area (Å²) in [6.45, 7) is 0. The summed E-state index contributed by atoms with van der Waals surface area (Å²) in [5.41, 5.74) is 3.27. The lowest BCUT2D eigenvalue weighted by Crippen LogP contribution is -2.32. The maximum absolute atomic E-state index is 9.44. The molecule has 3 heteroatoms. The van der Waals surface area contributed by atoms with E-state index >= 15 is 0 Å². The Bertz CT molecular complexity index is 522. The zero-order valence-electron chi connectivity index (χ0n) is 12.4. The predicted molar refractivity (Wildman–Crippen MR) is 80.9 cm³/mol. The fourth-order valence-electron chi connectivity index (χ4n) is 3.63. The monoisotopic (exact) mass is 269 g/mol. The van der Waals surface area contributed by atoms with Gasteiger partial charge in [-0.2, -0.15) is 5.26 Å². The summed E-state index contributed by atoms with van der Waals surface area (Å²) in [5.74, 6) is 0.917. The molecule has 106 valence electrons. The Morgan fingerprint density at radius 2 is 1.90 bits per heavy atom. The largest absolute Gasteiger partial charge is 0.356 e. The topological polar surface area (TPSA) is 39.9 Å². The van der Waals surface area contributed by atoms with E-state index in [0.717, 1.165) is 24.2 Å². The Balaban J connectivity index is 1.90. The average Bonchev–Trinajstić information content (AvgIpc) is 2.76. The number of anilines is 1. The van der Waals surface area contributed by atoms with Gasteiger partial charge in [0.05, 0.1) is 5.56 Å². The molecule has 2 aliphatic rings. The lowest BCUT2D eigenvalue weighted by molar-refractivity contribution is 0.548. The normalized spacial score (nSPS) is 19.2. The summed E-state index contributed by atoms with van der Waals surface area (Å²) in [4.78, 5) is 7.11. The van der Waals surface area contributed by atoms with E-state index in [1.807, 2.05) is 0 Å². The number of hydrogen-bond acceptors (Lipinski definition) is 3. The number of pyridine rings is 1. The number of aromatic nitrogens is 1. The van der Waals surface area contributed by atoms with Crippen molar-refractivity contribution < 1.29 is 0 Å². The highest BCUT2D eigenvalue weighted by Gasteiger charge is 2.23. The minimum absolute atomic E-state index is 0.552. The van der Waals surface area contributed by atoms with Gasteiger partial charge in [-0.05, 0) is 43.7 Å². The first-order valence-electron chi connectivity index (χ1n) is 7.95. The molecule has 1 aromatic rings. The number of hydrogen-bond donors (Lipinski definition) is 0. The van der Waals surface area contributed by atoms with E-state index in [1.165, 1.54) is 56.2 Å². The minimum Gasteiger partial charge on any atom is -0.356 e. The smallest absolute Gasteiger partial charge is 0.146 e. The highest BCUT2D eigenvalue weighted by molar-refractivity contribution is 5.57. The van der Waals surface area contributed by atoms with Crippen molar-refractivity contribution in [3.8, 4) is 6.07 Å². The van der Waals surface area contributed by atoms with Gasteiger partial charge in [0.2, 0.25) is 0 Å². The van der Waals surface area contributed by atoms with Crippen LogP contribution in [0.25, 0.3) is 0 Å². The van der Waals surface area contributed by atoms with Crippen molar-refractivity contribution in [2.45, 2.75) is 63.8 Å². The van der Waals surface area contributed by atoms with Crippen LogP contribution in [0, 0.1) is 11.3 Å². The molecule has 1 saturated carbocycles. The molecule has 2 aliphatic carbocycles. The van der Waals surface area contributed by atoms with E-state index in [-0.39, 0.29) is 0 Å². The number of fused-ring (bicyclic) bond motifs is 1. The van der Waals surface area contributed by atoms with E-state index in [2.05, 4.69) is 24.1 Å². The molecule has 0 spiro atoms.